The lowest BCUT2D eigenvalue weighted by atomic mass is 10.0. The second-order valence-electron chi connectivity index (χ2n) is 7.20. The van der Waals surface area contributed by atoms with Gasteiger partial charge in [-0.1, -0.05) is 30.3 Å². The second-order valence-corrected chi connectivity index (χ2v) is 7.20. The molecule has 1 saturated heterocycles. The molecule has 1 aliphatic rings. The summed E-state index contributed by atoms with van der Waals surface area (Å²) in [7, 11) is 0. The fourth-order valence-corrected chi connectivity index (χ4v) is 3.33. The summed E-state index contributed by atoms with van der Waals surface area (Å²) in [6, 6.07) is 12.8. The third-order valence-corrected chi connectivity index (χ3v) is 4.93. The van der Waals surface area contributed by atoms with E-state index in [2.05, 4.69) is 5.32 Å². The predicted octanol–water partition coefficient (Wildman–Crippen LogP) is 3.95. The number of para-hydroxylation sites is 1. The number of rotatable bonds is 7. The van der Waals surface area contributed by atoms with Crippen LogP contribution in [0.4, 0.5) is 13.2 Å². The number of halogens is 3. The largest absolute Gasteiger partial charge is 0.481 e. The van der Waals surface area contributed by atoms with Crippen LogP contribution in [0.2, 0.25) is 0 Å². The maximum absolute atomic E-state index is 13.2. The van der Waals surface area contributed by atoms with Crippen LogP contribution in [0.3, 0.4) is 0 Å². The molecule has 0 saturated carbocycles. The number of benzene rings is 2. The Kier molecular flexibility index (Phi) is 6.64. The molecule has 8 heteroatoms. The van der Waals surface area contributed by atoms with Gasteiger partial charge in [-0.15, -0.1) is 0 Å². The van der Waals surface area contributed by atoms with Gasteiger partial charge < -0.3 is 15.0 Å². The van der Waals surface area contributed by atoms with Crippen molar-refractivity contribution in [2.24, 2.45) is 0 Å². The highest BCUT2D eigenvalue weighted by atomic mass is 19.4. The number of likely N-dealkylation sites (tertiary alicyclic amines) is 1. The third kappa shape index (κ3) is 5.52. The number of nitrogens with zero attached hydrogens (tertiary/aromatic N) is 1. The average molecular weight is 420 g/mol. The zero-order valence-electron chi connectivity index (χ0n) is 16.5. The number of hydrogen-bond donors (Lipinski definition) is 1. The Morgan fingerprint density at radius 1 is 1.17 bits per heavy atom. The van der Waals surface area contributed by atoms with Crippen LogP contribution in [-0.4, -0.2) is 35.9 Å². The molecule has 160 valence electrons. The predicted molar refractivity (Wildman–Crippen MR) is 105 cm³/mol. The lowest BCUT2D eigenvalue weighted by molar-refractivity contribution is -0.137. The first-order chi connectivity index (χ1) is 14.2. The van der Waals surface area contributed by atoms with Gasteiger partial charge in [-0.05, 0) is 43.2 Å². The zero-order valence-corrected chi connectivity index (χ0v) is 16.5. The van der Waals surface area contributed by atoms with Crippen LogP contribution in [0.15, 0.2) is 54.6 Å². The van der Waals surface area contributed by atoms with Crippen LogP contribution in [0, 0.1) is 0 Å². The summed E-state index contributed by atoms with van der Waals surface area (Å²) in [6.07, 6.45) is -4.28. The minimum atomic E-state index is -4.50. The molecule has 1 fully saturated rings. The first kappa shape index (κ1) is 21.7. The Balaban J connectivity index is 1.79. The zero-order chi connectivity index (χ0) is 21.7. The van der Waals surface area contributed by atoms with E-state index in [-0.39, 0.29) is 18.0 Å². The minimum absolute atomic E-state index is 0.0743. The van der Waals surface area contributed by atoms with Crippen molar-refractivity contribution in [3.63, 3.8) is 0 Å². The van der Waals surface area contributed by atoms with Crippen LogP contribution in [0.5, 0.6) is 5.75 Å². The van der Waals surface area contributed by atoms with Crippen molar-refractivity contribution in [1.82, 2.24) is 10.2 Å². The van der Waals surface area contributed by atoms with E-state index in [0.717, 1.165) is 12.1 Å². The molecule has 0 aliphatic carbocycles. The lowest BCUT2D eigenvalue weighted by Gasteiger charge is -2.27. The fourth-order valence-electron chi connectivity index (χ4n) is 3.33. The molecule has 3 rings (SSSR count). The standard InChI is InChI=1S/C22H23F3N2O3/c1-15(30-18-9-3-2-4-10-18)21(29)26-19(14-27-12-6-11-20(27)28)16-7-5-8-17(13-16)22(23,24)25/h2-5,7-10,13,15,19H,6,11-12,14H2,1H3,(H,26,29)/t15-,19+/m1/s1. The van der Waals surface area contributed by atoms with E-state index in [0.29, 0.717) is 25.1 Å². The number of amides is 2. The maximum Gasteiger partial charge on any atom is 0.416 e. The molecule has 0 radical (unpaired) electrons. The summed E-state index contributed by atoms with van der Waals surface area (Å²) < 4.78 is 45.1. The van der Waals surface area contributed by atoms with Gasteiger partial charge in [-0.25, -0.2) is 0 Å². The van der Waals surface area contributed by atoms with Crippen molar-refractivity contribution in [2.45, 2.75) is 38.1 Å². The Morgan fingerprint density at radius 2 is 1.90 bits per heavy atom. The monoisotopic (exact) mass is 420 g/mol. The minimum Gasteiger partial charge on any atom is -0.481 e. The van der Waals surface area contributed by atoms with Gasteiger partial charge in [-0.3, -0.25) is 9.59 Å². The Bertz CT molecular complexity index is 887. The first-order valence-corrected chi connectivity index (χ1v) is 9.71. The summed E-state index contributed by atoms with van der Waals surface area (Å²) in [5, 5.41) is 2.75. The molecule has 1 heterocycles. The number of carbonyl (C=O) groups excluding carboxylic acids is 2. The molecule has 0 aromatic heterocycles. The lowest BCUT2D eigenvalue weighted by Crippen LogP contribution is -2.43. The van der Waals surface area contributed by atoms with E-state index in [1.807, 2.05) is 6.07 Å². The topological polar surface area (TPSA) is 58.6 Å². The normalized spacial score (nSPS) is 16.3. The van der Waals surface area contributed by atoms with Gasteiger partial charge in [0.15, 0.2) is 6.10 Å². The van der Waals surface area contributed by atoms with Gasteiger partial charge in [0.1, 0.15) is 5.75 Å². The van der Waals surface area contributed by atoms with Crippen LogP contribution in [-0.2, 0) is 15.8 Å². The van der Waals surface area contributed by atoms with Gasteiger partial charge in [0.25, 0.3) is 5.91 Å². The van der Waals surface area contributed by atoms with Gasteiger partial charge in [-0.2, -0.15) is 13.2 Å². The molecule has 0 bridgehead atoms. The second kappa shape index (κ2) is 9.19. The number of ether oxygens (including phenoxy) is 1. The summed E-state index contributed by atoms with van der Waals surface area (Å²) >= 11 is 0. The molecule has 2 atom stereocenters. The number of alkyl halides is 3. The highest BCUT2D eigenvalue weighted by Crippen LogP contribution is 2.31. The Labute approximate surface area is 172 Å². The molecule has 0 unspecified atom stereocenters. The maximum atomic E-state index is 13.2. The van der Waals surface area contributed by atoms with E-state index >= 15 is 0 Å². The molecular formula is C22H23F3N2O3. The summed E-state index contributed by atoms with van der Waals surface area (Å²) in [5.74, 6) is -0.0480. The molecular weight excluding hydrogens is 397 g/mol. The first-order valence-electron chi connectivity index (χ1n) is 9.71. The van der Waals surface area contributed by atoms with Crippen molar-refractivity contribution in [3.8, 4) is 5.75 Å². The molecule has 1 N–H and O–H groups in total. The van der Waals surface area contributed by atoms with E-state index in [9.17, 15) is 22.8 Å². The van der Waals surface area contributed by atoms with Crippen LogP contribution >= 0.6 is 0 Å². The van der Waals surface area contributed by atoms with Crippen LogP contribution in [0.1, 0.15) is 36.9 Å². The molecule has 30 heavy (non-hydrogen) atoms. The van der Waals surface area contributed by atoms with E-state index in [1.54, 1.807) is 36.1 Å². The van der Waals surface area contributed by atoms with E-state index in [1.165, 1.54) is 12.1 Å². The number of carbonyl (C=O) groups is 2. The molecule has 0 spiro atoms. The Morgan fingerprint density at radius 3 is 2.53 bits per heavy atom. The highest BCUT2D eigenvalue weighted by molar-refractivity contribution is 5.81. The SMILES string of the molecule is C[C@@H](Oc1ccccc1)C(=O)N[C@@H](CN1CCCC1=O)c1cccc(C(F)(F)F)c1. The molecule has 2 aromatic rings. The van der Waals surface area contributed by atoms with Crippen LogP contribution < -0.4 is 10.1 Å². The van der Waals surface area contributed by atoms with Crippen molar-refractivity contribution >= 4 is 11.8 Å². The fraction of sp³-hybridized carbons (Fsp3) is 0.364. The number of hydrogen-bond acceptors (Lipinski definition) is 3. The van der Waals surface area contributed by atoms with Gasteiger partial charge in [0.2, 0.25) is 5.91 Å². The van der Waals surface area contributed by atoms with Crippen molar-refractivity contribution in [3.05, 3.63) is 65.7 Å². The quantitative estimate of drug-likeness (QED) is 0.738. The highest BCUT2D eigenvalue weighted by Gasteiger charge is 2.32. The summed E-state index contributed by atoms with van der Waals surface area (Å²) in [5.41, 5.74) is -0.523. The van der Waals surface area contributed by atoms with Gasteiger partial charge in [0, 0.05) is 19.5 Å². The third-order valence-electron chi connectivity index (χ3n) is 4.93. The molecule has 2 amide bonds. The Hall–Kier alpha value is -3.03. The van der Waals surface area contributed by atoms with Gasteiger partial charge in [0.05, 0.1) is 11.6 Å². The molecule has 5 nitrogen and oxygen atoms in total. The summed E-state index contributed by atoms with van der Waals surface area (Å²) in [6.45, 7) is 2.18. The smallest absolute Gasteiger partial charge is 0.416 e. The van der Waals surface area contributed by atoms with Gasteiger partial charge >= 0.3 is 6.18 Å². The number of nitrogens with one attached hydrogen (secondary N) is 1. The van der Waals surface area contributed by atoms with Crippen molar-refractivity contribution in [1.29, 1.82) is 0 Å². The average Bonchev–Trinajstić information content (AvgIpc) is 3.12. The molecule has 2 aromatic carbocycles. The van der Waals surface area contributed by atoms with Crippen LogP contribution in [0.25, 0.3) is 0 Å². The van der Waals surface area contributed by atoms with E-state index in [4.69, 9.17) is 4.74 Å². The van der Waals surface area contributed by atoms with E-state index < -0.39 is 29.8 Å². The summed E-state index contributed by atoms with van der Waals surface area (Å²) in [4.78, 5) is 26.3. The van der Waals surface area contributed by atoms with Crippen molar-refractivity contribution < 1.29 is 27.5 Å². The van der Waals surface area contributed by atoms with Crippen molar-refractivity contribution in [2.75, 3.05) is 13.1 Å². The molecule has 1 aliphatic heterocycles.